The van der Waals surface area contributed by atoms with Crippen LogP contribution >= 0.6 is 11.3 Å². The molecule has 0 aromatic carbocycles. The fourth-order valence-electron chi connectivity index (χ4n) is 1.77. The van der Waals surface area contributed by atoms with E-state index < -0.39 is 6.09 Å². The highest BCUT2D eigenvalue weighted by atomic mass is 32.1. The summed E-state index contributed by atoms with van der Waals surface area (Å²) in [4.78, 5) is 14.0. The van der Waals surface area contributed by atoms with Crippen LogP contribution in [0.15, 0.2) is 6.07 Å². The Bertz CT molecular complexity index is 489. The third kappa shape index (κ3) is 3.36. The molecule has 0 saturated carbocycles. The molecule has 0 atom stereocenters. The zero-order valence-electron chi connectivity index (χ0n) is 10.6. The lowest BCUT2D eigenvalue weighted by Crippen LogP contribution is -2.35. The number of nitrogens with one attached hydrogen (secondary N) is 1. The summed E-state index contributed by atoms with van der Waals surface area (Å²) in [5, 5.41) is 12.7. The molecule has 0 radical (unpaired) electrons. The molecule has 1 aromatic rings. The highest BCUT2D eigenvalue weighted by Crippen LogP contribution is 2.33. The van der Waals surface area contributed by atoms with E-state index in [1.54, 1.807) is 6.92 Å². The molecule has 2 heterocycles. The van der Waals surface area contributed by atoms with Gasteiger partial charge in [0, 0.05) is 13.1 Å². The van der Waals surface area contributed by atoms with E-state index in [2.05, 4.69) is 16.3 Å². The Morgan fingerprint density at radius 1 is 1.63 bits per heavy atom. The molecule has 0 bridgehead atoms. The van der Waals surface area contributed by atoms with E-state index >= 15 is 0 Å². The van der Waals surface area contributed by atoms with Crippen molar-refractivity contribution in [1.82, 2.24) is 0 Å². The van der Waals surface area contributed by atoms with Crippen LogP contribution in [0.2, 0.25) is 0 Å². The summed E-state index contributed by atoms with van der Waals surface area (Å²) in [7, 11) is 0. The van der Waals surface area contributed by atoms with Gasteiger partial charge in [-0.15, -0.1) is 11.3 Å². The van der Waals surface area contributed by atoms with Crippen molar-refractivity contribution < 1.29 is 14.3 Å². The summed E-state index contributed by atoms with van der Waals surface area (Å²) in [6, 6.07) is 3.90. The zero-order valence-corrected chi connectivity index (χ0v) is 11.5. The molecule has 102 valence electrons. The number of rotatable bonds is 3. The highest BCUT2D eigenvalue weighted by Gasteiger charge is 2.18. The first kappa shape index (κ1) is 13.6. The van der Waals surface area contributed by atoms with Gasteiger partial charge in [0.05, 0.1) is 30.5 Å². The van der Waals surface area contributed by atoms with Crippen LogP contribution in [0.4, 0.5) is 15.5 Å². The molecule has 1 aliphatic heterocycles. The molecule has 7 heteroatoms. The summed E-state index contributed by atoms with van der Waals surface area (Å²) in [5.41, 5.74) is 0.507. The zero-order chi connectivity index (χ0) is 13.7. The Labute approximate surface area is 115 Å². The van der Waals surface area contributed by atoms with Crippen LogP contribution in [0.5, 0.6) is 0 Å². The van der Waals surface area contributed by atoms with Gasteiger partial charge < -0.3 is 14.4 Å². The Morgan fingerprint density at radius 2 is 2.37 bits per heavy atom. The Balaban J connectivity index is 2.12. The molecule has 1 saturated heterocycles. The van der Waals surface area contributed by atoms with Gasteiger partial charge in [0.1, 0.15) is 10.9 Å². The topological polar surface area (TPSA) is 74.6 Å². The summed E-state index contributed by atoms with van der Waals surface area (Å²) in [6.45, 7) is 4.99. The minimum Gasteiger partial charge on any atom is -0.450 e. The van der Waals surface area contributed by atoms with Crippen molar-refractivity contribution in [2.75, 3.05) is 43.1 Å². The number of amides is 1. The van der Waals surface area contributed by atoms with Crippen molar-refractivity contribution in [2.45, 2.75) is 6.92 Å². The van der Waals surface area contributed by atoms with E-state index in [4.69, 9.17) is 14.7 Å². The van der Waals surface area contributed by atoms with Crippen molar-refractivity contribution in [3.8, 4) is 6.07 Å². The average molecular weight is 281 g/mol. The normalized spacial score (nSPS) is 14.8. The second-order valence-corrected chi connectivity index (χ2v) is 4.91. The molecule has 1 aromatic heterocycles. The van der Waals surface area contributed by atoms with E-state index in [1.165, 1.54) is 11.3 Å². The lowest BCUT2D eigenvalue weighted by Gasteiger charge is -2.27. The van der Waals surface area contributed by atoms with Crippen LogP contribution in [0.25, 0.3) is 0 Å². The third-order valence-corrected chi connectivity index (χ3v) is 3.76. The molecule has 0 aliphatic carbocycles. The van der Waals surface area contributed by atoms with Gasteiger partial charge in [-0.1, -0.05) is 0 Å². The maximum Gasteiger partial charge on any atom is 0.411 e. The number of hydrogen-bond acceptors (Lipinski definition) is 6. The van der Waals surface area contributed by atoms with Crippen LogP contribution in [0, 0.1) is 11.3 Å². The van der Waals surface area contributed by atoms with Gasteiger partial charge in [0.2, 0.25) is 0 Å². The first-order valence-electron chi connectivity index (χ1n) is 6.05. The summed E-state index contributed by atoms with van der Waals surface area (Å²) in [5.74, 6) is 0. The lowest BCUT2D eigenvalue weighted by molar-refractivity contribution is 0.123. The fourth-order valence-corrected chi connectivity index (χ4v) is 2.73. The number of morpholine rings is 1. The maximum atomic E-state index is 11.4. The number of nitrogens with zero attached hydrogens (tertiary/aromatic N) is 2. The number of nitriles is 1. The van der Waals surface area contributed by atoms with Gasteiger partial charge in [-0.05, 0) is 13.0 Å². The molecule has 0 unspecified atom stereocenters. The molecule has 19 heavy (non-hydrogen) atoms. The summed E-state index contributed by atoms with van der Waals surface area (Å²) < 4.78 is 10.1. The maximum absolute atomic E-state index is 11.4. The minimum atomic E-state index is -0.537. The average Bonchev–Trinajstić information content (AvgIpc) is 2.83. The second-order valence-electron chi connectivity index (χ2n) is 3.88. The summed E-state index contributed by atoms with van der Waals surface area (Å²) >= 11 is 1.37. The largest absolute Gasteiger partial charge is 0.450 e. The third-order valence-electron chi connectivity index (χ3n) is 2.66. The summed E-state index contributed by atoms with van der Waals surface area (Å²) in [6.07, 6.45) is -0.537. The molecule has 6 nitrogen and oxygen atoms in total. The number of thiophene rings is 1. The SMILES string of the molecule is CCOC(=O)Nc1cc(N2CCOCC2)sc1C#N. The number of ether oxygens (including phenoxy) is 2. The first-order chi connectivity index (χ1) is 9.24. The molecular weight excluding hydrogens is 266 g/mol. The van der Waals surface area contributed by atoms with E-state index in [0.717, 1.165) is 18.1 Å². The van der Waals surface area contributed by atoms with Crippen LogP contribution in [0.3, 0.4) is 0 Å². The fraction of sp³-hybridized carbons (Fsp3) is 0.500. The monoisotopic (exact) mass is 281 g/mol. The van der Waals surface area contributed by atoms with Gasteiger partial charge >= 0.3 is 6.09 Å². The molecular formula is C12H15N3O3S. The standard InChI is InChI=1S/C12H15N3O3S/c1-2-18-12(16)14-9-7-11(19-10(9)8-13)15-3-5-17-6-4-15/h7H,2-6H2,1H3,(H,14,16). The predicted octanol–water partition coefficient (Wildman–Crippen LogP) is 2.02. The Kier molecular flexibility index (Phi) is 4.60. The van der Waals surface area contributed by atoms with E-state index in [1.807, 2.05) is 6.07 Å². The van der Waals surface area contributed by atoms with Gasteiger partial charge in [-0.2, -0.15) is 5.26 Å². The van der Waals surface area contributed by atoms with E-state index in [-0.39, 0.29) is 0 Å². The van der Waals surface area contributed by atoms with Gasteiger partial charge in [-0.3, -0.25) is 5.32 Å². The van der Waals surface area contributed by atoms with Crippen LogP contribution in [-0.2, 0) is 9.47 Å². The van der Waals surface area contributed by atoms with Crippen LogP contribution in [-0.4, -0.2) is 39.0 Å². The van der Waals surface area contributed by atoms with E-state index in [9.17, 15) is 4.79 Å². The second kappa shape index (κ2) is 6.41. The molecule has 1 N–H and O–H groups in total. The van der Waals surface area contributed by atoms with Gasteiger partial charge in [-0.25, -0.2) is 4.79 Å². The molecule has 2 rings (SSSR count). The molecule has 0 spiro atoms. The quantitative estimate of drug-likeness (QED) is 0.917. The van der Waals surface area contributed by atoms with Gasteiger partial charge in [0.15, 0.2) is 0 Å². The van der Waals surface area contributed by atoms with Crippen molar-refractivity contribution in [3.05, 3.63) is 10.9 Å². The van der Waals surface area contributed by atoms with Crippen LogP contribution in [0.1, 0.15) is 11.8 Å². The van der Waals surface area contributed by atoms with Crippen LogP contribution < -0.4 is 10.2 Å². The molecule has 1 amide bonds. The molecule has 1 fully saturated rings. The van der Waals surface area contributed by atoms with E-state index in [0.29, 0.717) is 30.4 Å². The van der Waals surface area contributed by atoms with Crippen molar-refractivity contribution in [2.24, 2.45) is 0 Å². The highest BCUT2D eigenvalue weighted by molar-refractivity contribution is 7.17. The Morgan fingerprint density at radius 3 is 3.00 bits per heavy atom. The number of anilines is 2. The molecule has 1 aliphatic rings. The minimum absolute atomic E-state index is 0.300. The van der Waals surface area contributed by atoms with Crippen molar-refractivity contribution in [1.29, 1.82) is 5.26 Å². The number of hydrogen-bond donors (Lipinski definition) is 1. The number of carbonyl (C=O) groups is 1. The smallest absolute Gasteiger partial charge is 0.411 e. The van der Waals surface area contributed by atoms with Crippen molar-refractivity contribution >= 4 is 28.1 Å². The van der Waals surface area contributed by atoms with Gasteiger partial charge in [0.25, 0.3) is 0 Å². The lowest BCUT2D eigenvalue weighted by atomic mass is 10.3. The van der Waals surface area contributed by atoms with Crippen molar-refractivity contribution in [3.63, 3.8) is 0 Å². The predicted molar refractivity (Wildman–Crippen MR) is 72.7 cm³/mol. The first-order valence-corrected chi connectivity index (χ1v) is 6.86. The Hall–Kier alpha value is -1.78. The number of carbonyl (C=O) groups excluding carboxylic acids is 1.